The number of rotatable bonds is 6. The minimum absolute atomic E-state index is 0. The number of halogens is 2. The quantitative estimate of drug-likeness (QED) is 0.700. The number of amides is 1. The van der Waals surface area contributed by atoms with Crippen LogP contribution in [0.2, 0.25) is 0 Å². The molecule has 5 nitrogen and oxygen atoms in total. The summed E-state index contributed by atoms with van der Waals surface area (Å²) < 4.78 is 6.33. The third kappa shape index (κ3) is 5.82. The number of aliphatic hydroxyl groups is 1. The standard InChI is InChI=1S/C14H19BrN2O3.ClH/c15-11-4-1-2-6-13(11)20-9-10(18)8-17-14(19)12-5-3-7-16-12;/h1-2,4,6,10,12,16,18H,3,5,7-9H2,(H,17,19);1H. The van der Waals surface area contributed by atoms with Gasteiger partial charge in [-0.15, -0.1) is 12.4 Å². The van der Waals surface area contributed by atoms with Crippen LogP contribution < -0.4 is 15.4 Å². The molecule has 118 valence electrons. The van der Waals surface area contributed by atoms with E-state index in [-0.39, 0.29) is 37.5 Å². The first kappa shape index (κ1) is 18.2. The van der Waals surface area contributed by atoms with Crippen LogP contribution in [0, 0.1) is 0 Å². The number of carbonyl (C=O) groups is 1. The fourth-order valence-electron chi connectivity index (χ4n) is 2.06. The molecule has 1 aromatic carbocycles. The van der Waals surface area contributed by atoms with Crippen molar-refractivity contribution in [3.63, 3.8) is 0 Å². The van der Waals surface area contributed by atoms with E-state index in [1.165, 1.54) is 0 Å². The van der Waals surface area contributed by atoms with Gasteiger partial charge >= 0.3 is 0 Å². The number of hydrogen-bond donors (Lipinski definition) is 3. The van der Waals surface area contributed by atoms with Gasteiger partial charge in [0.25, 0.3) is 0 Å². The minimum atomic E-state index is -0.729. The van der Waals surface area contributed by atoms with Crippen molar-refractivity contribution in [3.8, 4) is 5.75 Å². The summed E-state index contributed by atoms with van der Waals surface area (Å²) in [6.45, 7) is 1.22. The zero-order valence-electron chi connectivity index (χ0n) is 11.5. The lowest BCUT2D eigenvalue weighted by atomic mass is 10.2. The topological polar surface area (TPSA) is 70.6 Å². The van der Waals surface area contributed by atoms with Gasteiger partial charge in [-0.05, 0) is 47.4 Å². The monoisotopic (exact) mass is 378 g/mol. The SMILES string of the molecule is Cl.O=C(NCC(O)COc1ccccc1Br)C1CCCN1. The Morgan fingerprint density at radius 1 is 1.52 bits per heavy atom. The molecule has 2 unspecified atom stereocenters. The van der Waals surface area contributed by atoms with Crippen LogP contribution in [0.3, 0.4) is 0 Å². The van der Waals surface area contributed by atoms with Crippen LogP contribution in [-0.4, -0.2) is 42.9 Å². The number of para-hydroxylation sites is 1. The summed E-state index contributed by atoms with van der Waals surface area (Å²) in [4.78, 5) is 11.7. The van der Waals surface area contributed by atoms with E-state index in [1.807, 2.05) is 24.3 Å². The molecule has 1 aromatic rings. The first-order chi connectivity index (χ1) is 9.66. The molecule has 0 radical (unpaired) electrons. The zero-order valence-corrected chi connectivity index (χ0v) is 14.0. The van der Waals surface area contributed by atoms with Crippen molar-refractivity contribution in [1.82, 2.24) is 10.6 Å². The Labute approximate surface area is 139 Å². The summed E-state index contributed by atoms with van der Waals surface area (Å²) in [5.74, 6) is 0.623. The number of nitrogens with one attached hydrogen (secondary N) is 2. The first-order valence-electron chi connectivity index (χ1n) is 6.73. The van der Waals surface area contributed by atoms with Crippen LogP contribution in [0.1, 0.15) is 12.8 Å². The van der Waals surface area contributed by atoms with E-state index in [2.05, 4.69) is 26.6 Å². The van der Waals surface area contributed by atoms with Gasteiger partial charge in [0.2, 0.25) is 5.91 Å². The maximum absolute atomic E-state index is 11.7. The van der Waals surface area contributed by atoms with Crippen molar-refractivity contribution in [3.05, 3.63) is 28.7 Å². The second-order valence-corrected chi connectivity index (χ2v) is 5.64. The van der Waals surface area contributed by atoms with Gasteiger partial charge in [0, 0.05) is 6.54 Å². The third-order valence-corrected chi connectivity index (χ3v) is 3.81. The first-order valence-corrected chi connectivity index (χ1v) is 7.52. The summed E-state index contributed by atoms with van der Waals surface area (Å²) in [7, 11) is 0. The number of hydrogen-bond acceptors (Lipinski definition) is 4. The molecule has 0 saturated carbocycles. The summed E-state index contributed by atoms with van der Waals surface area (Å²) in [5, 5.41) is 15.7. The van der Waals surface area contributed by atoms with Crippen molar-refractivity contribution in [2.24, 2.45) is 0 Å². The van der Waals surface area contributed by atoms with Gasteiger partial charge in [-0.2, -0.15) is 0 Å². The van der Waals surface area contributed by atoms with Crippen LogP contribution >= 0.6 is 28.3 Å². The summed E-state index contributed by atoms with van der Waals surface area (Å²) in [6.07, 6.45) is 1.15. The molecule has 0 spiro atoms. The molecule has 1 saturated heterocycles. The molecule has 0 bridgehead atoms. The highest BCUT2D eigenvalue weighted by Gasteiger charge is 2.22. The van der Waals surface area contributed by atoms with E-state index < -0.39 is 6.10 Å². The van der Waals surface area contributed by atoms with E-state index >= 15 is 0 Å². The maximum Gasteiger partial charge on any atom is 0.237 e. The lowest BCUT2D eigenvalue weighted by Crippen LogP contribution is -2.44. The van der Waals surface area contributed by atoms with Gasteiger partial charge < -0.3 is 20.5 Å². The second-order valence-electron chi connectivity index (χ2n) is 4.79. The summed E-state index contributed by atoms with van der Waals surface area (Å²) >= 11 is 3.37. The molecule has 0 aromatic heterocycles. The van der Waals surface area contributed by atoms with Crippen molar-refractivity contribution >= 4 is 34.2 Å². The number of carbonyl (C=O) groups excluding carboxylic acids is 1. The van der Waals surface area contributed by atoms with E-state index in [1.54, 1.807) is 0 Å². The average Bonchev–Trinajstić information content (AvgIpc) is 2.98. The zero-order chi connectivity index (χ0) is 14.4. The van der Waals surface area contributed by atoms with Crippen LogP contribution in [-0.2, 0) is 4.79 Å². The molecule has 21 heavy (non-hydrogen) atoms. The fraction of sp³-hybridized carbons (Fsp3) is 0.500. The molecule has 2 rings (SSSR count). The Morgan fingerprint density at radius 2 is 2.29 bits per heavy atom. The molecule has 3 N–H and O–H groups in total. The lowest BCUT2D eigenvalue weighted by molar-refractivity contribution is -0.123. The Bertz CT molecular complexity index is 456. The van der Waals surface area contributed by atoms with Crippen LogP contribution in [0.4, 0.5) is 0 Å². The number of benzene rings is 1. The molecule has 1 aliphatic rings. The molecule has 1 amide bonds. The predicted octanol–water partition coefficient (Wildman–Crippen LogP) is 1.48. The Balaban J connectivity index is 0.00000220. The minimum Gasteiger partial charge on any atom is -0.490 e. The van der Waals surface area contributed by atoms with Crippen molar-refractivity contribution in [2.45, 2.75) is 25.0 Å². The molecular weight excluding hydrogens is 360 g/mol. The van der Waals surface area contributed by atoms with Gasteiger partial charge in [0.1, 0.15) is 18.5 Å². The molecule has 1 aliphatic heterocycles. The second kappa shape index (κ2) is 9.25. The molecular formula is C14H20BrClN2O3. The lowest BCUT2D eigenvalue weighted by Gasteiger charge is -2.16. The van der Waals surface area contributed by atoms with Crippen LogP contribution in [0.25, 0.3) is 0 Å². The van der Waals surface area contributed by atoms with Gasteiger partial charge in [0.15, 0.2) is 0 Å². The number of aliphatic hydroxyl groups excluding tert-OH is 1. The summed E-state index contributed by atoms with van der Waals surface area (Å²) in [5.41, 5.74) is 0. The Morgan fingerprint density at radius 3 is 2.95 bits per heavy atom. The van der Waals surface area contributed by atoms with Gasteiger partial charge in [-0.25, -0.2) is 0 Å². The predicted molar refractivity (Wildman–Crippen MR) is 86.9 cm³/mol. The highest BCUT2D eigenvalue weighted by Crippen LogP contribution is 2.23. The Hall–Kier alpha value is -0.820. The van der Waals surface area contributed by atoms with Gasteiger partial charge in [-0.3, -0.25) is 4.79 Å². The van der Waals surface area contributed by atoms with Crippen LogP contribution in [0.5, 0.6) is 5.75 Å². The molecule has 0 aliphatic carbocycles. The van der Waals surface area contributed by atoms with Crippen LogP contribution in [0.15, 0.2) is 28.7 Å². The smallest absolute Gasteiger partial charge is 0.237 e. The maximum atomic E-state index is 11.7. The highest BCUT2D eigenvalue weighted by atomic mass is 79.9. The molecule has 2 atom stereocenters. The van der Waals surface area contributed by atoms with Crippen molar-refractivity contribution in [2.75, 3.05) is 19.7 Å². The number of ether oxygens (including phenoxy) is 1. The summed E-state index contributed by atoms with van der Waals surface area (Å²) in [6, 6.07) is 7.32. The van der Waals surface area contributed by atoms with Crippen molar-refractivity contribution in [1.29, 1.82) is 0 Å². The van der Waals surface area contributed by atoms with E-state index in [0.29, 0.717) is 5.75 Å². The molecule has 1 heterocycles. The average molecular weight is 380 g/mol. The van der Waals surface area contributed by atoms with E-state index in [4.69, 9.17) is 4.74 Å². The fourth-order valence-corrected chi connectivity index (χ4v) is 2.46. The van der Waals surface area contributed by atoms with Gasteiger partial charge in [0.05, 0.1) is 10.5 Å². The third-order valence-electron chi connectivity index (χ3n) is 3.16. The Kier molecular flexibility index (Phi) is 8.03. The van der Waals surface area contributed by atoms with E-state index in [9.17, 15) is 9.90 Å². The van der Waals surface area contributed by atoms with Gasteiger partial charge in [-0.1, -0.05) is 12.1 Å². The molecule has 7 heteroatoms. The highest BCUT2D eigenvalue weighted by molar-refractivity contribution is 9.10. The normalized spacial score (nSPS) is 18.7. The largest absolute Gasteiger partial charge is 0.490 e. The molecule has 1 fully saturated rings. The van der Waals surface area contributed by atoms with E-state index in [0.717, 1.165) is 23.9 Å². The van der Waals surface area contributed by atoms with Crippen molar-refractivity contribution < 1.29 is 14.6 Å².